The van der Waals surface area contributed by atoms with Crippen molar-refractivity contribution in [1.82, 2.24) is 24.6 Å². The van der Waals surface area contributed by atoms with E-state index in [9.17, 15) is 18.3 Å². The summed E-state index contributed by atoms with van der Waals surface area (Å²) >= 11 is 0. The minimum atomic E-state index is -4.56. The van der Waals surface area contributed by atoms with Gasteiger partial charge in [-0.15, -0.1) is 0 Å². The van der Waals surface area contributed by atoms with Crippen LogP contribution in [0.5, 0.6) is 0 Å². The largest absolute Gasteiger partial charge is 0.451 e. The van der Waals surface area contributed by atoms with Gasteiger partial charge in [0.25, 0.3) is 0 Å². The lowest BCUT2D eigenvalue weighted by Gasteiger charge is -2.36. The number of hydrogen-bond donors (Lipinski definition) is 1. The van der Waals surface area contributed by atoms with E-state index in [1.165, 1.54) is 12.4 Å². The molecule has 7 nitrogen and oxygen atoms in total. The summed E-state index contributed by atoms with van der Waals surface area (Å²) in [6, 6.07) is 2.52. The number of alkyl halides is 3. The van der Waals surface area contributed by atoms with Gasteiger partial charge in [0.05, 0.1) is 25.0 Å². The number of ether oxygens (including phenoxy) is 1. The van der Waals surface area contributed by atoms with Crippen LogP contribution in [-0.4, -0.2) is 68.2 Å². The summed E-state index contributed by atoms with van der Waals surface area (Å²) in [6.07, 6.45) is 0.756. The van der Waals surface area contributed by atoms with E-state index in [2.05, 4.69) is 20.0 Å². The second-order valence-electron chi connectivity index (χ2n) is 8.62. The SMILES string of the molecule is CC(C)n1nc(-c2cnc(C(F)(F)F)nc2)cc1[C@H]1CCC(N2CCO[C@@H](CO)C2)C1. The molecule has 1 unspecified atom stereocenters. The summed E-state index contributed by atoms with van der Waals surface area (Å²) in [5, 5.41) is 14.1. The molecule has 0 amide bonds. The van der Waals surface area contributed by atoms with Crippen LogP contribution in [0, 0.1) is 0 Å². The van der Waals surface area contributed by atoms with Crippen LogP contribution in [0.1, 0.15) is 56.6 Å². The third-order valence-electron chi connectivity index (χ3n) is 6.17. The molecule has 1 N–H and O–H groups in total. The summed E-state index contributed by atoms with van der Waals surface area (Å²) in [7, 11) is 0. The average molecular weight is 439 g/mol. The lowest BCUT2D eigenvalue weighted by molar-refractivity contribution is -0.144. The first-order valence-electron chi connectivity index (χ1n) is 10.7. The zero-order valence-corrected chi connectivity index (χ0v) is 17.7. The number of rotatable bonds is 5. The molecule has 2 aromatic heterocycles. The summed E-state index contributed by atoms with van der Waals surface area (Å²) in [5.41, 5.74) is 2.16. The lowest BCUT2D eigenvalue weighted by Crippen LogP contribution is -2.48. The highest BCUT2D eigenvalue weighted by atomic mass is 19.4. The number of hydrogen-bond acceptors (Lipinski definition) is 6. The third-order valence-corrected chi connectivity index (χ3v) is 6.17. The van der Waals surface area contributed by atoms with E-state index in [4.69, 9.17) is 4.74 Å². The van der Waals surface area contributed by atoms with Crippen LogP contribution in [0.25, 0.3) is 11.3 Å². The van der Waals surface area contributed by atoms with Crippen molar-refractivity contribution < 1.29 is 23.0 Å². The molecular formula is C21H28F3N5O2. The van der Waals surface area contributed by atoms with Gasteiger partial charge in [-0.1, -0.05) is 0 Å². The highest BCUT2D eigenvalue weighted by molar-refractivity contribution is 5.57. The Kier molecular flexibility index (Phi) is 6.32. The molecule has 2 fully saturated rings. The van der Waals surface area contributed by atoms with E-state index in [1.54, 1.807) is 0 Å². The molecule has 3 heterocycles. The Labute approximate surface area is 179 Å². The van der Waals surface area contributed by atoms with E-state index in [-0.39, 0.29) is 18.8 Å². The highest BCUT2D eigenvalue weighted by Crippen LogP contribution is 2.39. The van der Waals surface area contributed by atoms with Gasteiger partial charge in [-0.2, -0.15) is 18.3 Å². The molecule has 4 rings (SSSR count). The van der Waals surface area contributed by atoms with Gasteiger partial charge in [0.1, 0.15) is 0 Å². The van der Waals surface area contributed by atoms with Crippen LogP contribution >= 0.6 is 0 Å². The van der Waals surface area contributed by atoms with E-state index >= 15 is 0 Å². The van der Waals surface area contributed by atoms with Gasteiger partial charge in [0.15, 0.2) is 0 Å². The fraction of sp³-hybridized carbons (Fsp3) is 0.667. The van der Waals surface area contributed by atoms with Crippen molar-refractivity contribution in [1.29, 1.82) is 0 Å². The summed E-state index contributed by atoms with van der Waals surface area (Å²) in [4.78, 5) is 9.35. The van der Waals surface area contributed by atoms with Crippen molar-refractivity contribution in [3.8, 4) is 11.3 Å². The van der Waals surface area contributed by atoms with Gasteiger partial charge in [0.2, 0.25) is 5.82 Å². The van der Waals surface area contributed by atoms with Crippen LogP contribution in [0.2, 0.25) is 0 Å². The van der Waals surface area contributed by atoms with E-state index < -0.39 is 12.0 Å². The summed E-state index contributed by atoms with van der Waals surface area (Å²) in [5.74, 6) is -0.829. The zero-order chi connectivity index (χ0) is 22.2. The molecule has 2 aliphatic rings. The molecule has 31 heavy (non-hydrogen) atoms. The molecule has 0 aromatic carbocycles. The number of halogens is 3. The number of nitrogens with zero attached hydrogens (tertiary/aromatic N) is 5. The van der Waals surface area contributed by atoms with E-state index in [0.29, 0.717) is 29.8 Å². The van der Waals surface area contributed by atoms with Crippen molar-refractivity contribution >= 4 is 0 Å². The Bertz CT molecular complexity index is 884. The minimum absolute atomic E-state index is 0.0331. The van der Waals surface area contributed by atoms with Crippen molar-refractivity contribution in [2.75, 3.05) is 26.3 Å². The number of aliphatic hydroxyl groups excluding tert-OH is 1. The highest BCUT2D eigenvalue weighted by Gasteiger charge is 2.36. The molecule has 0 radical (unpaired) electrons. The van der Waals surface area contributed by atoms with Gasteiger partial charge >= 0.3 is 6.18 Å². The van der Waals surface area contributed by atoms with Gasteiger partial charge in [0, 0.05) is 54.7 Å². The quantitative estimate of drug-likeness (QED) is 0.771. The summed E-state index contributed by atoms with van der Waals surface area (Å²) in [6.45, 7) is 6.37. The van der Waals surface area contributed by atoms with Crippen molar-refractivity contribution in [2.24, 2.45) is 0 Å². The average Bonchev–Trinajstić information content (AvgIpc) is 3.41. The van der Waals surface area contributed by atoms with Crippen molar-refractivity contribution in [3.05, 3.63) is 30.0 Å². The molecule has 170 valence electrons. The molecule has 1 aliphatic carbocycles. The zero-order valence-electron chi connectivity index (χ0n) is 17.7. The molecule has 1 aliphatic heterocycles. The standard InChI is InChI=1S/C21H28F3N5O2/c1-13(2)29-19(8-18(27-29)15-9-25-20(26-10-15)21(22,23)24)14-3-4-16(7-14)28-5-6-31-17(11-28)12-30/h8-10,13-14,16-17,30H,3-7,11-12H2,1-2H3/t14-,16?,17+/m0/s1. The lowest BCUT2D eigenvalue weighted by atomic mass is 10.0. The van der Waals surface area contributed by atoms with Gasteiger partial charge in [-0.3, -0.25) is 9.58 Å². The van der Waals surface area contributed by atoms with Crippen molar-refractivity contribution in [3.63, 3.8) is 0 Å². The molecule has 3 atom stereocenters. The first-order valence-corrected chi connectivity index (χ1v) is 10.7. The van der Waals surface area contributed by atoms with E-state index in [0.717, 1.165) is 38.0 Å². The summed E-state index contributed by atoms with van der Waals surface area (Å²) < 4.78 is 45.8. The predicted octanol–water partition coefficient (Wildman–Crippen LogP) is 3.27. The van der Waals surface area contributed by atoms with Crippen LogP contribution in [-0.2, 0) is 10.9 Å². The third kappa shape index (κ3) is 4.75. The van der Waals surface area contributed by atoms with Crippen LogP contribution < -0.4 is 0 Å². The van der Waals surface area contributed by atoms with Crippen LogP contribution in [0.3, 0.4) is 0 Å². The Morgan fingerprint density at radius 3 is 2.61 bits per heavy atom. The maximum absolute atomic E-state index is 12.8. The normalized spacial score (nSPS) is 25.5. The molecule has 0 spiro atoms. The first kappa shape index (κ1) is 22.2. The van der Waals surface area contributed by atoms with Crippen LogP contribution in [0.15, 0.2) is 18.5 Å². The Morgan fingerprint density at radius 1 is 1.23 bits per heavy atom. The van der Waals surface area contributed by atoms with Gasteiger partial charge in [-0.05, 0) is 39.2 Å². The maximum Gasteiger partial charge on any atom is 0.451 e. The second-order valence-corrected chi connectivity index (χ2v) is 8.62. The number of morpholine rings is 1. The topological polar surface area (TPSA) is 76.3 Å². The minimum Gasteiger partial charge on any atom is -0.394 e. The molecule has 1 saturated heterocycles. The smallest absolute Gasteiger partial charge is 0.394 e. The molecular weight excluding hydrogens is 411 g/mol. The Balaban J connectivity index is 1.53. The van der Waals surface area contributed by atoms with Crippen LogP contribution in [0.4, 0.5) is 13.2 Å². The Hall–Kier alpha value is -2.04. The Morgan fingerprint density at radius 2 is 1.97 bits per heavy atom. The number of aliphatic hydroxyl groups is 1. The van der Waals surface area contributed by atoms with Gasteiger partial charge < -0.3 is 9.84 Å². The fourth-order valence-electron chi connectivity index (χ4n) is 4.62. The fourth-order valence-corrected chi connectivity index (χ4v) is 4.62. The number of aromatic nitrogens is 4. The maximum atomic E-state index is 12.8. The molecule has 10 heteroatoms. The second kappa shape index (κ2) is 8.84. The van der Waals surface area contributed by atoms with E-state index in [1.807, 2.05) is 24.6 Å². The first-order chi connectivity index (χ1) is 14.8. The molecule has 0 bridgehead atoms. The molecule has 2 aromatic rings. The monoisotopic (exact) mass is 439 g/mol. The van der Waals surface area contributed by atoms with Gasteiger partial charge in [-0.25, -0.2) is 9.97 Å². The van der Waals surface area contributed by atoms with Crippen molar-refractivity contribution in [2.45, 2.75) is 63.4 Å². The molecule has 1 saturated carbocycles. The predicted molar refractivity (Wildman–Crippen MR) is 107 cm³/mol.